The quantitative estimate of drug-likeness (QED) is 0.582. The molecule has 0 aliphatic heterocycles. The van der Waals surface area contributed by atoms with Crippen LogP contribution in [-0.2, 0) is 6.42 Å². The van der Waals surface area contributed by atoms with Crippen molar-refractivity contribution in [3.63, 3.8) is 0 Å². The van der Waals surface area contributed by atoms with Crippen molar-refractivity contribution in [1.29, 1.82) is 0 Å². The maximum absolute atomic E-state index is 10.5. The van der Waals surface area contributed by atoms with E-state index in [1.54, 1.807) is 18.3 Å². The number of hydrogen-bond donors (Lipinski definition) is 0. The van der Waals surface area contributed by atoms with E-state index in [9.17, 15) is 4.79 Å². The van der Waals surface area contributed by atoms with Gasteiger partial charge >= 0.3 is 0 Å². The van der Waals surface area contributed by atoms with Crippen molar-refractivity contribution < 1.29 is 4.79 Å². The molecule has 0 aliphatic carbocycles. The Morgan fingerprint density at radius 2 is 2.00 bits per heavy atom. The third kappa shape index (κ3) is 4.55. The molecule has 16 heavy (non-hydrogen) atoms. The van der Waals surface area contributed by atoms with Crippen LogP contribution in [0, 0.1) is 0 Å². The summed E-state index contributed by atoms with van der Waals surface area (Å²) in [6.45, 7) is 5.22. The minimum atomic E-state index is 0.153. The Morgan fingerprint density at radius 3 is 2.38 bits per heavy atom. The van der Waals surface area contributed by atoms with Crippen molar-refractivity contribution in [2.45, 2.75) is 13.3 Å². The fourth-order valence-corrected chi connectivity index (χ4v) is 2.38. The maximum Gasteiger partial charge on any atom is 0.169 e. The van der Waals surface area contributed by atoms with Gasteiger partial charge in [-0.15, -0.1) is 29.3 Å². The molecule has 0 aliphatic rings. The minimum absolute atomic E-state index is 0.153. The number of rotatable bonds is 3. The molecule has 0 N–H and O–H groups in total. The topological polar surface area (TPSA) is 17.1 Å². The van der Waals surface area contributed by atoms with Gasteiger partial charge < -0.3 is 0 Å². The first kappa shape index (κ1) is 12.9. The third-order valence-electron chi connectivity index (χ3n) is 1.79. The summed E-state index contributed by atoms with van der Waals surface area (Å²) in [4.78, 5) is 12.7. The monoisotopic (exact) mass is 250 g/mol. The Bertz CT molecular complexity index is 413. The predicted octanol–water partition coefficient (Wildman–Crippen LogP) is 4.43. The van der Waals surface area contributed by atoms with Crippen LogP contribution >= 0.6 is 22.7 Å². The zero-order valence-corrected chi connectivity index (χ0v) is 10.8. The molecule has 0 amide bonds. The second-order valence-electron chi connectivity index (χ2n) is 3.11. The molecular weight excluding hydrogens is 236 g/mol. The minimum Gasteiger partial charge on any atom is -0.294 e. The second kappa shape index (κ2) is 7.14. The van der Waals surface area contributed by atoms with Crippen LogP contribution in [0.4, 0.5) is 0 Å². The van der Waals surface area contributed by atoms with E-state index in [0.29, 0.717) is 0 Å². The summed E-state index contributed by atoms with van der Waals surface area (Å²) < 4.78 is 0. The van der Waals surface area contributed by atoms with Crippen LogP contribution in [0.1, 0.15) is 21.5 Å². The van der Waals surface area contributed by atoms with E-state index in [1.807, 2.05) is 23.6 Å². The average molecular weight is 250 g/mol. The van der Waals surface area contributed by atoms with Crippen molar-refractivity contribution in [1.82, 2.24) is 0 Å². The molecule has 0 atom stereocenters. The molecule has 2 aromatic rings. The lowest BCUT2D eigenvalue weighted by molar-refractivity contribution is 0.102. The molecule has 84 valence electrons. The molecule has 1 nitrogen and oxygen atoms in total. The number of thiophene rings is 2. The summed E-state index contributed by atoms with van der Waals surface area (Å²) in [6, 6.07) is 7.88. The van der Waals surface area contributed by atoms with Crippen LogP contribution in [0.25, 0.3) is 0 Å². The highest BCUT2D eigenvalue weighted by molar-refractivity contribution is 7.12. The Hall–Kier alpha value is -1.19. The van der Waals surface area contributed by atoms with Crippen molar-refractivity contribution in [2.75, 3.05) is 0 Å². The lowest BCUT2D eigenvalue weighted by Crippen LogP contribution is -1.83. The van der Waals surface area contributed by atoms with E-state index in [1.165, 1.54) is 16.2 Å². The fourth-order valence-electron chi connectivity index (χ4n) is 1.05. The molecule has 0 saturated carbocycles. The molecule has 2 heterocycles. The molecule has 2 aromatic heterocycles. The van der Waals surface area contributed by atoms with Gasteiger partial charge in [-0.25, -0.2) is 0 Å². The van der Waals surface area contributed by atoms with Crippen molar-refractivity contribution in [3.05, 3.63) is 57.4 Å². The van der Waals surface area contributed by atoms with E-state index < -0.39 is 0 Å². The molecule has 0 saturated heterocycles. The van der Waals surface area contributed by atoms with Crippen LogP contribution in [0.5, 0.6) is 0 Å². The first-order valence-corrected chi connectivity index (χ1v) is 6.67. The number of carbonyl (C=O) groups is 1. The van der Waals surface area contributed by atoms with Crippen LogP contribution in [0.15, 0.2) is 47.7 Å². The SMILES string of the molecule is C=CCc1cccs1.CC(=O)c1cccs1. The number of Topliss-reactive ketones (excluding diaryl/α,β-unsaturated/α-hetero) is 1. The van der Waals surface area contributed by atoms with Crippen molar-refractivity contribution >= 4 is 28.5 Å². The number of hydrogen-bond acceptors (Lipinski definition) is 3. The molecule has 2 rings (SSSR count). The predicted molar refractivity (Wildman–Crippen MR) is 72.5 cm³/mol. The lowest BCUT2D eigenvalue weighted by Gasteiger charge is -1.81. The highest BCUT2D eigenvalue weighted by atomic mass is 32.1. The number of carbonyl (C=O) groups excluding carboxylic acids is 1. The first-order valence-electron chi connectivity index (χ1n) is 4.91. The largest absolute Gasteiger partial charge is 0.294 e. The fraction of sp³-hybridized carbons (Fsp3) is 0.154. The van der Waals surface area contributed by atoms with Gasteiger partial charge in [0, 0.05) is 4.88 Å². The van der Waals surface area contributed by atoms with E-state index in [4.69, 9.17) is 0 Å². The van der Waals surface area contributed by atoms with Gasteiger partial charge in [0.05, 0.1) is 4.88 Å². The summed E-state index contributed by atoms with van der Waals surface area (Å²) in [6.07, 6.45) is 2.93. The van der Waals surface area contributed by atoms with Gasteiger partial charge in [-0.05, 0) is 36.2 Å². The van der Waals surface area contributed by atoms with Crippen molar-refractivity contribution in [2.24, 2.45) is 0 Å². The Balaban J connectivity index is 0.000000160. The highest BCUT2D eigenvalue weighted by Gasteiger charge is 1.95. The smallest absolute Gasteiger partial charge is 0.169 e. The van der Waals surface area contributed by atoms with Crippen LogP contribution < -0.4 is 0 Å². The molecule has 0 spiro atoms. The molecule has 0 fully saturated rings. The van der Waals surface area contributed by atoms with Gasteiger partial charge in [0.2, 0.25) is 0 Å². The Labute approximate surface area is 104 Å². The average Bonchev–Trinajstić information content (AvgIpc) is 2.91. The molecule has 0 unspecified atom stereocenters. The zero-order chi connectivity index (χ0) is 11.8. The van der Waals surface area contributed by atoms with Gasteiger partial charge in [-0.2, -0.15) is 0 Å². The Morgan fingerprint density at radius 1 is 1.31 bits per heavy atom. The van der Waals surface area contributed by atoms with Gasteiger partial charge in [0.25, 0.3) is 0 Å². The standard InChI is InChI=1S/C7H8S.C6H6OS/c1-2-4-7-5-3-6-8-7;1-5(7)6-3-2-4-8-6/h2-3,5-6H,1,4H2;2-4H,1H3. The van der Waals surface area contributed by atoms with Gasteiger partial charge in [0.1, 0.15) is 0 Å². The van der Waals surface area contributed by atoms with Crippen molar-refractivity contribution in [3.8, 4) is 0 Å². The molecule has 3 heteroatoms. The third-order valence-corrected chi connectivity index (χ3v) is 3.66. The summed E-state index contributed by atoms with van der Waals surface area (Å²) >= 11 is 3.26. The van der Waals surface area contributed by atoms with E-state index in [2.05, 4.69) is 24.1 Å². The maximum atomic E-state index is 10.5. The van der Waals surface area contributed by atoms with Crippen LogP contribution in [0.2, 0.25) is 0 Å². The zero-order valence-electron chi connectivity index (χ0n) is 9.18. The van der Waals surface area contributed by atoms with Crippen LogP contribution in [-0.4, -0.2) is 5.78 Å². The first-order chi connectivity index (χ1) is 7.74. The van der Waals surface area contributed by atoms with E-state index in [0.717, 1.165) is 11.3 Å². The van der Waals surface area contributed by atoms with Gasteiger partial charge in [0.15, 0.2) is 5.78 Å². The normalized spacial score (nSPS) is 9.06. The number of allylic oxidation sites excluding steroid dienone is 1. The number of ketones is 1. The summed E-state index contributed by atoms with van der Waals surface area (Å²) in [5.41, 5.74) is 0. The van der Waals surface area contributed by atoms with Gasteiger partial charge in [-0.3, -0.25) is 4.79 Å². The molecule has 0 aromatic carbocycles. The second-order valence-corrected chi connectivity index (χ2v) is 5.09. The molecule has 0 bridgehead atoms. The van der Waals surface area contributed by atoms with E-state index >= 15 is 0 Å². The molecule has 0 radical (unpaired) electrons. The summed E-state index contributed by atoms with van der Waals surface area (Å²) in [7, 11) is 0. The van der Waals surface area contributed by atoms with E-state index in [-0.39, 0.29) is 5.78 Å². The molecular formula is C13H14OS2. The highest BCUT2D eigenvalue weighted by Crippen LogP contribution is 2.08. The summed E-state index contributed by atoms with van der Waals surface area (Å²) in [5, 5.41) is 3.98. The lowest BCUT2D eigenvalue weighted by atomic mass is 10.3. The van der Waals surface area contributed by atoms with Crippen LogP contribution in [0.3, 0.4) is 0 Å². The Kier molecular flexibility index (Phi) is 5.75. The summed E-state index contributed by atoms with van der Waals surface area (Å²) in [5.74, 6) is 0.153. The van der Waals surface area contributed by atoms with Gasteiger partial charge in [-0.1, -0.05) is 18.2 Å².